The summed E-state index contributed by atoms with van der Waals surface area (Å²) in [6.07, 6.45) is 6.71. The van der Waals surface area contributed by atoms with Crippen LogP contribution in [0.3, 0.4) is 0 Å². The number of carboxylic acids is 2. The summed E-state index contributed by atoms with van der Waals surface area (Å²) in [6, 6.07) is 13.7. The van der Waals surface area contributed by atoms with Crippen LogP contribution in [0.5, 0.6) is 0 Å². The molecule has 0 spiro atoms. The number of aromatic nitrogens is 2. The average molecular weight is 560 g/mol. The average Bonchev–Trinajstić information content (AvgIpc) is 3.29. The van der Waals surface area contributed by atoms with E-state index >= 15 is 0 Å². The molecule has 2 aromatic carbocycles. The quantitative estimate of drug-likeness (QED) is 0.158. The van der Waals surface area contributed by atoms with Gasteiger partial charge in [-0.2, -0.15) is 0 Å². The molecule has 1 atom stereocenters. The topological polar surface area (TPSA) is 92.4 Å². The number of thioether (sulfide) groups is 2. The molecule has 11 heteroatoms. The Balaban J connectivity index is 0.000000440. The largest absolute Gasteiger partial charge is 0.478 e. The Morgan fingerprint density at radius 3 is 2.21 bits per heavy atom. The van der Waals surface area contributed by atoms with Gasteiger partial charge >= 0.3 is 11.9 Å². The number of imidazole rings is 1. The minimum atomic E-state index is -1.26. The zero-order valence-corrected chi connectivity index (χ0v) is 21.6. The maximum Gasteiger partial charge on any atom is 0.328 e. The lowest BCUT2D eigenvalue weighted by atomic mass is 10.1. The predicted molar refractivity (Wildman–Crippen MR) is 141 cm³/mol. The molecule has 0 bridgehead atoms. The fourth-order valence-electron chi connectivity index (χ4n) is 2.60. The van der Waals surface area contributed by atoms with Gasteiger partial charge in [-0.05, 0) is 35.4 Å². The molecule has 3 aromatic rings. The Hall–Kier alpha value is -2.10. The van der Waals surface area contributed by atoms with E-state index in [0.717, 1.165) is 28.0 Å². The zero-order valence-electron chi connectivity index (χ0n) is 17.7. The van der Waals surface area contributed by atoms with Gasteiger partial charge in [-0.1, -0.05) is 53.0 Å². The molecule has 0 aliphatic carbocycles. The summed E-state index contributed by atoms with van der Waals surface area (Å²) >= 11 is 22.2. The molecular formula is C23H21Cl3N2O4S2. The molecule has 0 saturated heterocycles. The minimum Gasteiger partial charge on any atom is -0.478 e. The third-order valence-corrected chi connectivity index (χ3v) is 7.52. The van der Waals surface area contributed by atoms with Crippen molar-refractivity contribution in [2.75, 3.05) is 5.08 Å². The molecule has 0 radical (unpaired) electrons. The van der Waals surface area contributed by atoms with E-state index in [0.29, 0.717) is 22.2 Å². The molecule has 0 aliphatic heterocycles. The van der Waals surface area contributed by atoms with E-state index in [1.165, 1.54) is 5.56 Å². The van der Waals surface area contributed by atoms with Gasteiger partial charge in [0.25, 0.3) is 0 Å². The van der Waals surface area contributed by atoms with Crippen LogP contribution >= 0.6 is 58.3 Å². The standard InChI is InChI=1S/C19H17Cl3N2S2.C4H4O4/c20-15-3-1-14(2-4-15)11-25-13-26-19(10-24-8-7-23-12-24)17-6-5-16(21)9-18(17)22;5-3(6)1-2-4(7)8/h1-9,12,19H,10-11,13H2;1-2H,(H,5,6)(H,7,8)/b;2-1+. The first-order valence-electron chi connectivity index (χ1n) is 9.73. The van der Waals surface area contributed by atoms with Crippen LogP contribution in [0, 0.1) is 0 Å². The smallest absolute Gasteiger partial charge is 0.328 e. The molecule has 6 nitrogen and oxygen atoms in total. The molecule has 0 fully saturated rings. The van der Waals surface area contributed by atoms with Gasteiger partial charge in [0, 0.05) is 62.2 Å². The number of hydrogen-bond acceptors (Lipinski definition) is 5. The van der Waals surface area contributed by atoms with Gasteiger partial charge < -0.3 is 14.8 Å². The van der Waals surface area contributed by atoms with Crippen LogP contribution in [0.1, 0.15) is 16.4 Å². The number of rotatable bonds is 10. The van der Waals surface area contributed by atoms with E-state index in [-0.39, 0.29) is 5.25 Å². The Labute approximate surface area is 220 Å². The van der Waals surface area contributed by atoms with Gasteiger partial charge in [0.15, 0.2) is 0 Å². The number of hydrogen-bond donors (Lipinski definition) is 2. The van der Waals surface area contributed by atoms with Crippen LogP contribution in [0.25, 0.3) is 0 Å². The van der Waals surface area contributed by atoms with E-state index in [4.69, 9.17) is 45.0 Å². The van der Waals surface area contributed by atoms with Crippen molar-refractivity contribution in [3.8, 4) is 0 Å². The minimum absolute atomic E-state index is 0.228. The van der Waals surface area contributed by atoms with Crippen molar-refractivity contribution in [3.05, 3.63) is 99.5 Å². The number of carbonyl (C=O) groups is 2. The Bertz CT molecular complexity index is 1080. The van der Waals surface area contributed by atoms with Crippen LogP contribution in [-0.2, 0) is 21.9 Å². The summed E-state index contributed by atoms with van der Waals surface area (Å²) < 4.78 is 2.08. The first-order valence-corrected chi connectivity index (χ1v) is 13.1. The van der Waals surface area contributed by atoms with Crippen LogP contribution < -0.4 is 0 Å². The summed E-state index contributed by atoms with van der Waals surface area (Å²) in [5.74, 6) is -1.56. The van der Waals surface area contributed by atoms with Crippen molar-refractivity contribution >= 4 is 70.3 Å². The van der Waals surface area contributed by atoms with E-state index in [1.807, 2.05) is 60.3 Å². The second-order valence-corrected chi connectivity index (χ2v) is 10.5. The number of carboxylic acid groups (broad SMARTS) is 2. The molecule has 2 N–H and O–H groups in total. The van der Waals surface area contributed by atoms with Crippen LogP contribution in [0.2, 0.25) is 15.1 Å². The summed E-state index contributed by atoms with van der Waals surface area (Å²) in [5.41, 5.74) is 2.37. The number of halogens is 3. The highest BCUT2D eigenvalue weighted by Crippen LogP contribution is 2.38. The van der Waals surface area contributed by atoms with Gasteiger partial charge in [-0.15, -0.1) is 23.5 Å². The highest BCUT2D eigenvalue weighted by atomic mass is 35.5. The van der Waals surface area contributed by atoms with Crippen molar-refractivity contribution in [1.29, 1.82) is 0 Å². The fourth-order valence-corrected chi connectivity index (χ4v) is 5.80. The van der Waals surface area contributed by atoms with Gasteiger partial charge in [0.1, 0.15) is 0 Å². The number of nitrogens with zero attached hydrogens (tertiary/aromatic N) is 2. The fraction of sp³-hybridized carbons (Fsp3) is 0.174. The summed E-state index contributed by atoms with van der Waals surface area (Å²) in [7, 11) is 0. The van der Waals surface area contributed by atoms with E-state index < -0.39 is 11.9 Å². The van der Waals surface area contributed by atoms with Gasteiger partial charge in [-0.25, -0.2) is 14.6 Å². The van der Waals surface area contributed by atoms with Crippen molar-refractivity contribution in [2.45, 2.75) is 17.5 Å². The molecule has 0 aliphatic rings. The normalized spacial score (nSPS) is 11.6. The highest BCUT2D eigenvalue weighted by molar-refractivity contribution is 8.15. The maximum atomic E-state index is 9.55. The number of benzene rings is 2. The van der Waals surface area contributed by atoms with Crippen molar-refractivity contribution < 1.29 is 19.8 Å². The van der Waals surface area contributed by atoms with Crippen LogP contribution in [0.4, 0.5) is 0 Å². The first-order chi connectivity index (χ1) is 16.2. The molecule has 1 heterocycles. The summed E-state index contributed by atoms with van der Waals surface area (Å²) in [6.45, 7) is 0.813. The Kier molecular flexibility index (Phi) is 12.4. The molecule has 0 amide bonds. The Morgan fingerprint density at radius 2 is 1.65 bits per heavy atom. The predicted octanol–water partition coefficient (Wildman–Crippen LogP) is 6.92. The third-order valence-electron chi connectivity index (χ3n) is 4.15. The van der Waals surface area contributed by atoms with Gasteiger partial charge in [0.2, 0.25) is 0 Å². The lowest BCUT2D eigenvalue weighted by Crippen LogP contribution is -2.06. The zero-order chi connectivity index (χ0) is 24.9. The molecule has 1 unspecified atom stereocenters. The molecule has 1 aromatic heterocycles. The van der Waals surface area contributed by atoms with Crippen molar-refractivity contribution in [2.24, 2.45) is 0 Å². The second kappa shape index (κ2) is 15.0. The summed E-state index contributed by atoms with van der Waals surface area (Å²) in [5, 5.41) is 18.9. The van der Waals surface area contributed by atoms with E-state index in [9.17, 15) is 9.59 Å². The van der Waals surface area contributed by atoms with Gasteiger partial charge in [0.05, 0.1) is 6.33 Å². The summed E-state index contributed by atoms with van der Waals surface area (Å²) in [4.78, 5) is 23.2. The SMILES string of the molecule is Clc1ccc(CSCSC(Cn2ccnc2)c2ccc(Cl)cc2Cl)cc1.O=C(O)/C=C/C(=O)O. The van der Waals surface area contributed by atoms with Crippen molar-refractivity contribution in [3.63, 3.8) is 0 Å². The monoisotopic (exact) mass is 558 g/mol. The van der Waals surface area contributed by atoms with Crippen molar-refractivity contribution in [1.82, 2.24) is 9.55 Å². The first kappa shape index (κ1) is 28.1. The van der Waals surface area contributed by atoms with Crippen LogP contribution in [0.15, 0.2) is 73.3 Å². The third kappa shape index (κ3) is 10.9. The molecule has 180 valence electrons. The van der Waals surface area contributed by atoms with Gasteiger partial charge in [-0.3, -0.25) is 0 Å². The molecule has 0 saturated carbocycles. The van der Waals surface area contributed by atoms with E-state index in [2.05, 4.69) is 21.7 Å². The highest BCUT2D eigenvalue weighted by Gasteiger charge is 2.16. The number of aliphatic carboxylic acids is 2. The van der Waals surface area contributed by atoms with Crippen LogP contribution in [-0.4, -0.2) is 36.8 Å². The molecule has 34 heavy (non-hydrogen) atoms. The maximum absolute atomic E-state index is 9.55. The lowest BCUT2D eigenvalue weighted by molar-refractivity contribution is -0.134. The van der Waals surface area contributed by atoms with E-state index in [1.54, 1.807) is 12.3 Å². The lowest BCUT2D eigenvalue weighted by Gasteiger charge is -2.19. The Morgan fingerprint density at radius 1 is 1.00 bits per heavy atom. The molecule has 3 rings (SSSR count). The molecular weight excluding hydrogens is 539 g/mol. The second-order valence-electron chi connectivity index (χ2n) is 6.68.